The first-order valence-corrected chi connectivity index (χ1v) is 7.34. The van der Waals surface area contributed by atoms with Crippen molar-refractivity contribution in [3.63, 3.8) is 0 Å². The van der Waals surface area contributed by atoms with Gasteiger partial charge in [-0.2, -0.15) is 0 Å². The molecule has 2 heterocycles. The predicted molar refractivity (Wildman–Crippen MR) is 81.4 cm³/mol. The van der Waals surface area contributed by atoms with Crippen LogP contribution in [0, 0.1) is 0 Å². The van der Waals surface area contributed by atoms with Gasteiger partial charge in [-0.05, 0) is 32.1 Å². The van der Waals surface area contributed by atoms with Gasteiger partial charge in [-0.1, -0.05) is 12.1 Å². The summed E-state index contributed by atoms with van der Waals surface area (Å²) in [6.07, 6.45) is 5.03. The van der Waals surface area contributed by atoms with Gasteiger partial charge in [0.15, 0.2) is 0 Å². The Morgan fingerprint density at radius 1 is 1.38 bits per heavy atom. The third-order valence-electron chi connectivity index (χ3n) is 3.91. The zero-order valence-electron chi connectivity index (χ0n) is 12.3. The van der Waals surface area contributed by atoms with Gasteiger partial charge in [0.1, 0.15) is 18.2 Å². The van der Waals surface area contributed by atoms with Crippen LogP contribution in [0.25, 0.3) is 11.4 Å². The largest absolute Gasteiger partial charge is 0.490 e. The van der Waals surface area contributed by atoms with E-state index in [2.05, 4.69) is 21.5 Å². The third-order valence-corrected chi connectivity index (χ3v) is 3.91. The Morgan fingerprint density at radius 3 is 3.00 bits per heavy atom. The number of ether oxygens (including phenoxy) is 1. The van der Waals surface area contributed by atoms with E-state index in [0.717, 1.165) is 36.6 Å². The average molecular weight is 287 g/mol. The maximum Gasteiger partial charge on any atom is 0.143 e. The lowest BCUT2D eigenvalue weighted by molar-refractivity contribution is 0.202. The molecule has 0 bridgehead atoms. The number of hydrogen-bond donors (Lipinski definition) is 1. The summed E-state index contributed by atoms with van der Waals surface area (Å²) in [6.45, 7) is 2.47. The summed E-state index contributed by atoms with van der Waals surface area (Å²) >= 11 is 0. The van der Waals surface area contributed by atoms with Gasteiger partial charge in [0.2, 0.25) is 0 Å². The van der Waals surface area contributed by atoms with Crippen LogP contribution in [0.15, 0.2) is 36.7 Å². The molecule has 21 heavy (non-hydrogen) atoms. The third kappa shape index (κ3) is 2.94. The lowest BCUT2D eigenvalue weighted by Crippen LogP contribution is -2.16. The molecule has 5 heteroatoms. The lowest BCUT2D eigenvalue weighted by Gasteiger charge is -2.17. The number of aliphatic hydroxyl groups excluding tert-OH is 1. The van der Waals surface area contributed by atoms with Crippen LogP contribution in [-0.2, 0) is 0 Å². The number of imidazole rings is 1. The maximum absolute atomic E-state index is 8.95. The van der Waals surface area contributed by atoms with E-state index in [4.69, 9.17) is 9.84 Å². The number of aliphatic hydroxyl groups is 1. The highest BCUT2D eigenvalue weighted by Crippen LogP contribution is 2.32. The van der Waals surface area contributed by atoms with E-state index in [9.17, 15) is 0 Å². The number of aromatic nitrogens is 2. The number of nitrogens with zero attached hydrogens (tertiary/aromatic N) is 3. The number of likely N-dealkylation sites (tertiary alicyclic amines) is 1. The smallest absolute Gasteiger partial charge is 0.143 e. The van der Waals surface area contributed by atoms with Gasteiger partial charge < -0.3 is 19.3 Å². The summed E-state index contributed by atoms with van der Waals surface area (Å²) in [5.74, 6) is 1.70. The van der Waals surface area contributed by atoms with Crippen molar-refractivity contribution in [1.29, 1.82) is 0 Å². The lowest BCUT2D eigenvalue weighted by atomic mass is 10.1. The zero-order valence-corrected chi connectivity index (χ0v) is 12.3. The van der Waals surface area contributed by atoms with Crippen molar-refractivity contribution in [2.45, 2.75) is 12.5 Å². The van der Waals surface area contributed by atoms with Gasteiger partial charge in [0.05, 0.1) is 12.2 Å². The number of benzene rings is 1. The Labute approximate surface area is 124 Å². The van der Waals surface area contributed by atoms with E-state index in [0.29, 0.717) is 12.6 Å². The van der Waals surface area contributed by atoms with Crippen molar-refractivity contribution < 1.29 is 9.84 Å². The first-order chi connectivity index (χ1) is 10.3. The topological polar surface area (TPSA) is 50.5 Å². The molecule has 1 fully saturated rings. The second kappa shape index (κ2) is 6.28. The van der Waals surface area contributed by atoms with Crippen molar-refractivity contribution in [1.82, 2.24) is 14.5 Å². The van der Waals surface area contributed by atoms with Crippen LogP contribution in [0.1, 0.15) is 12.5 Å². The molecule has 0 radical (unpaired) electrons. The normalized spacial score (nSPS) is 19.0. The first-order valence-electron chi connectivity index (χ1n) is 7.34. The van der Waals surface area contributed by atoms with E-state index in [1.54, 1.807) is 0 Å². The van der Waals surface area contributed by atoms with E-state index in [-0.39, 0.29) is 6.61 Å². The molecule has 1 aliphatic heterocycles. The minimum atomic E-state index is 0.0101. The maximum atomic E-state index is 8.95. The van der Waals surface area contributed by atoms with Gasteiger partial charge in [0, 0.05) is 25.0 Å². The van der Waals surface area contributed by atoms with Crippen LogP contribution in [0.5, 0.6) is 5.75 Å². The Kier molecular flexibility index (Phi) is 4.22. The van der Waals surface area contributed by atoms with E-state index in [1.165, 1.54) is 0 Å². The van der Waals surface area contributed by atoms with Crippen LogP contribution in [0.4, 0.5) is 0 Å². The first kappa shape index (κ1) is 14.1. The highest BCUT2D eigenvalue weighted by molar-refractivity contribution is 5.64. The van der Waals surface area contributed by atoms with Crippen molar-refractivity contribution in [3.05, 3.63) is 36.7 Å². The second-order valence-corrected chi connectivity index (χ2v) is 5.43. The molecule has 1 aromatic carbocycles. The Bertz CT molecular complexity index is 597. The van der Waals surface area contributed by atoms with E-state index in [1.807, 2.05) is 36.7 Å². The minimum Gasteiger partial charge on any atom is -0.490 e. The average Bonchev–Trinajstić information content (AvgIpc) is 3.13. The molecular formula is C16H21N3O2. The predicted octanol–water partition coefficient (Wildman–Crippen LogP) is 1.80. The fraction of sp³-hybridized carbons (Fsp3) is 0.438. The molecule has 1 aromatic heterocycles. The summed E-state index contributed by atoms with van der Waals surface area (Å²) < 4.78 is 7.88. The molecule has 5 nitrogen and oxygen atoms in total. The Hall–Kier alpha value is -1.85. The van der Waals surface area contributed by atoms with Gasteiger partial charge in [-0.25, -0.2) is 4.98 Å². The van der Waals surface area contributed by atoms with Gasteiger partial charge in [0.25, 0.3) is 0 Å². The molecule has 3 rings (SSSR count). The van der Waals surface area contributed by atoms with Gasteiger partial charge in [-0.3, -0.25) is 0 Å². The summed E-state index contributed by atoms with van der Waals surface area (Å²) in [5.41, 5.74) is 0.977. The molecule has 0 saturated carbocycles. The zero-order chi connectivity index (χ0) is 14.7. The quantitative estimate of drug-likeness (QED) is 0.911. The number of rotatable bonds is 5. The fourth-order valence-electron chi connectivity index (χ4n) is 2.89. The summed E-state index contributed by atoms with van der Waals surface area (Å²) in [5, 5.41) is 8.95. The molecule has 1 N–H and O–H groups in total. The van der Waals surface area contributed by atoms with Crippen molar-refractivity contribution in [3.8, 4) is 17.1 Å². The molecule has 1 saturated heterocycles. The van der Waals surface area contributed by atoms with Crippen LogP contribution < -0.4 is 4.74 Å². The standard InChI is InChI=1S/C16H21N3O2/c1-18-8-6-13(12-18)19-9-7-17-16(19)14-4-2-3-5-15(14)21-11-10-20/h2-5,7,9,13,20H,6,8,10-12H2,1H3. The fourth-order valence-corrected chi connectivity index (χ4v) is 2.89. The van der Waals surface area contributed by atoms with Crippen LogP contribution in [0.3, 0.4) is 0 Å². The molecule has 1 atom stereocenters. The van der Waals surface area contributed by atoms with E-state index < -0.39 is 0 Å². The Balaban J connectivity index is 1.92. The van der Waals surface area contributed by atoms with Gasteiger partial charge in [-0.15, -0.1) is 0 Å². The summed E-state index contributed by atoms with van der Waals surface area (Å²) in [4.78, 5) is 6.86. The van der Waals surface area contributed by atoms with Gasteiger partial charge >= 0.3 is 0 Å². The Morgan fingerprint density at radius 2 is 2.24 bits per heavy atom. The molecular weight excluding hydrogens is 266 g/mol. The second-order valence-electron chi connectivity index (χ2n) is 5.43. The monoisotopic (exact) mass is 287 g/mol. The van der Waals surface area contributed by atoms with Crippen LogP contribution in [-0.4, -0.2) is 52.9 Å². The summed E-state index contributed by atoms with van der Waals surface area (Å²) in [6, 6.07) is 8.32. The number of hydrogen-bond acceptors (Lipinski definition) is 4. The highest BCUT2D eigenvalue weighted by Gasteiger charge is 2.24. The molecule has 0 aliphatic carbocycles. The molecule has 0 amide bonds. The SMILES string of the molecule is CN1CCC(n2ccnc2-c2ccccc2OCCO)C1. The highest BCUT2D eigenvalue weighted by atomic mass is 16.5. The van der Waals surface area contributed by atoms with Crippen LogP contribution in [0.2, 0.25) is 0 Å². The molecule has 2 aromatic rings. The minimum absolute atomic E-state index is 0.0101. The molecule has 112 valence electrons. The molecule has 0 spiro atoms. The van der Waals surface area contributed by atoms with Crippen LogP contribution >= 0.6 is 0 Å². The van der Waals surface area contributed by atoms with Crippen molar-refractivity contribution in [2.24, 2.45) is 0 Å². The van der Waals surface area contributed by atoms with Crippen molar-refractivity contribution >= 4 is 0 Å². The molecule has 1 unspecified atom stereocenters. The summed E-state index contributed by atoms with van der Waals surface area (Å²) in [7, 11) is 2.15. The van der Waals surface area contributed by atoms with E-state index >= 15 is 0 Å². The number of likely N-dealkylation sites (N-methyl/N-ethyl adjacent to an activating group) is 1. The van der Waals surface area contributed by atoms with Crippen molar-refractivity contribution in [2.75, 3.05) is 33.4 Å². The molecule has 1 aliphatic rings. The number of para-hydroxylation sites is 1.